The summed E-state index contributed by atoms with van der Waals surface area (Å²) >= 11 is 6.21. The largest absolute Gasteiger partial charge is 0.264 e. The van der Waals surface area contributed by atoms with Crippen LogP contribution < -0.4 is 0 Å². The van der Waals surface area contributed by atoms with E-state index in [0.717, 1.165) is 22.5 Å². The van der Waals surface area contributed by atoms with E-state index in [4.69, 9.17) is 11.6 Å². The summed E-state index contributed by atoms with van der Waals surface area (Å²) < 4.78 is 0. The molecule has 0 aliphatic heterocycles. The Bertz CT molecular complexity index is 684. The summed E-state index contributed by atoms with van der Waals surface area (Å²) in [4.78, 5) is 12.8. The molecule has 3 aromatic heterocycles. The van der Waals surface area contributed by atoms with Crippen LogP contribution in [0.4, 0.5) is 0 Å². The van der Waals surface area contributed by atoms with Crippen molar-refractivity contribution in [1.82, 2.24) is 15.0 Å². The molecule has 0 aromatic carbocycles. The van der Waals surface area contributed by atoms with Gasteiger partial charge in [-0.15, -0.1) is 0 Å². The van der Waals surface area contributed by atoms with Crippen molar-refractivity contribution in [1.29, 1.82) is 0 Å². The molecule has 3 rings (SSSR count). The third-order valence-electron chi connectivity index (χ3n) is 2.74. The van der Waals surface area contributed by atoms with Crippen LogP contribution in [-0.2, 0) is 0 Å². The Morgan fingerprint density at radius 3 is 2.11 bits per heavy atom. The Hall–Kier alpha value is -2.26. The van der Waals surface area contributed by atoms with E-state index in [1.807, 2.05) is 36.4 Å². The molecule has 3 aromatic rings. The first kappa shape index (κ1) is 11.8. The molecule has 0 bridgehead atoms. The van der Waals surface area contributed by atoms with Gasteiger partial charge in [0.25, 0.3) is 0 Å². The molecule has 92 valence electrons. The van der Waals surface area contributed by atoms with Crippen LogP contribution in [0.25, 0.3) is 22.5 Å². The van der Waals surface area contributed by atoms with E-state index in [0.29, 0.717) is 5.02 Å². The fraction of sp³-hybridized carbons (Fsp3) is 0. The van der Waals surface area contributed by atoms with Gasteiger partial charge in [-0.1, -0.05) is 11.6 Å². The topological polar surface area (TPSA) is 38.7 Å². The minimum absolute atomic E-state index is 0.612. The lowest BCUT2D eigenvalue weighted by Crippen LogP contribution is -1.90. The van der Waals surface area contributed by atoms with Crippen molar-refractivity contribution in [2.24, 2.45) is 0 Å². The molecule has 0 amide bonds. The molecule has 0 aliphatic carbocycles. The van der Waals surface area contributed by atoms with E-state index in [1.54, 1.807) is 24.8 Å². The van der Waals surface area contributed by atoms with Crippen LogP contribution in [0.15, 0.2) is 61.2 Å². The molecule has 0 saturated carbocycles. The molecule has 0 fully saturated rings. The number of aromatic nitrogens is 3. The van der Waals surface area contributed by atoms with Crippen molar-refractivity contribution >= 4 is 11.6 Å². The summed E-state index contributed by atoms with van der Waals surface area (Å²) in [6.45, 7) is 0. The lowest BCUT2D eigenvalue weighted by atomic mass is 10.1. The van der Waals surface area contributed by atoms with Gasteiger partial charge in [0.05, 0.1) is 16.4 Å². The van der Waals surface area contributed by atoms with Gasteiger partial charge in [-0.25, -0.2) is 4.98 Å². The average Bonchev–Trinajstić information content (AvgIpc) is 2.49. The number of hydrogen-bond acceptors (Lipinski definition) is 3. The first-order valence-corrected chi connectivity index (χ1v) is 6.20. The average molecular weight is 268 g/mol. The Morgan fingerprint density at radius 1 is 0.789 bits per heavy atom. The van der Waals surface area contributed by atoms with E-state index in [2.05, 4.69) is 15.0 Å². The van der Waals surface area contributed by atoms with Gasteiger partial charge < -0.3 is 0 Å². The van der Waals surface area contributed by atoms with Crippen LogP contribution in [-0.4, -0.2) is 15.0 Å². The van der Waals surface area contributed by atoms with Gasteiger partial charge in [0.15, 0.2) is 0 Å². The van der Waals surface area contributed by atoms with Gasteiger partial charge in [-0.3, -0.25) is 9.97 Å². The van der Waals surface area contributed by atoms with Gasteiger partial charge in [-0.05, 0) is 36.4 Å². The van der Waals surface area contributed by atoms with Crippen molar-refractivity contribution in [2.45, 2.75) is 0 Å². The van der Waals surface area contributed by atoms with Gasteiger partial charge in [0, 0.05) is 35.9 Å². The number of halogens is 1. The maximum Gasteiger partial charge on any atom is 0.0911 e. The van der Waals surface area contributed by atoms with Crippen LogP contribution in [0.2, 0.25) is 5.02 Å². The standard InChI is InChI=1S/C15H10ClN3/c16-13-5-6-14(11-3-1-7-17-9-11)19-15(13)12-4-2-8-18-10-12/h1-10H. The van der Waals surface area contributed by atoms with Crippen LogP contribution in [0, 0.1) is 0 Å². The second-order valence-corrected chi connectivity index (χ2v) is 4.42. The minimum Gasteiger partial charge on any atom is -0.264 e. The highest BCUT2D eigenvalue weighted by Gasteiger charge is 2.08. The fourth-order valence-corrected chi connectivity index (χ4v) is 2.04. The number of rotatable bonds is 2. The molecule has 19 heavy (non-hydrogen) atoms. The summed E-state index contributed by atoms with van der Waals surface area (Å²) in [5.41, 5.74) is 3.44. The third kappa shape index (κ3) is 2.46. The molecule has 3 nitrogen and oxygen atoms in total. The molecule has 0 spiro atoms. The summed E-state index contributed by atoms with van der Waals surface area (Å²) in [5, 5.41) is 0.612. The van der Waals surface area contributed by atoms with Crippen LogP contribution in [0.3, 0.4) is 0 Å². The summed E-state index contributed by atoms with van der Waals surface area (Å²) in [6, 6.07) is 11.4. The van der Waals surface area contributed by atoms with Crippen molar-refractivity contribution in [3.8, 4) is 22.5 Å². The molecule has 0 atom stereocenters. The van der Waals surface area contributed by atoms with E-state index in [-0.39, 0.29) is 0 Å². The first-order chi connectivity index (χ1) is 9.34. The zero-order valence-corrected chi connectivity index (χ0v) is 10.7. The highest BCUT2D eigenvalue weighted by atomic mass is 35.5. The number of nitrogens with zero attached hydrogens (tertiary/aromatic N) is 3. The smallest absolute Gasteiger partial charge is 0.0911 e. The highest BCUT2D eigenvalue weighted by molar-refractivity contribution is 6.33. The molecular formula is C15H10ClN3. The lowest BCUT2D eigenvalue weighted by molar-refractivity contribution is 1.26. The number of hydrogen-bond donors (Lipinski definition) is 0. The Labute approximate surface area is 116 Å². The zero-order chi connectivity index (χ0) is 13.1. The predicted molar refractivity (Wildman–Crippen MR) is 75.7 cm³/mol. The third-order valence-corrected chi connectivity index (χ3v) is 3.04. The van der Waals surface area contributed by atoms with Gasteiger partial charge >= 0.3 is 0 Å². The molecular weight excluding hydrogens is 258 g/mol. The van der Waals surface area contributed by atoms with Crippen LogP contribution in [0.1, 0.15) is 0 Å². The molecule has 0 unspecified atom stereocenters. The normalized spacial score (nSPS) is 10.4. The van der Waals surface area contributed by atoms with Crippen LogP contribution >= 0.6 is 11.6 Å². The maximum absolute atomic E-state index is 6.21. The molecule has 0 saturated heterocycles. The first-order valence-electron chi connectivity index (χ1n) is 5.82. The predicted octanol–water partition coefficient (Wildman–Crippen LogP) is 3.86. The van der Waals surface area contributed by atoms with Crippen molar-refractivity contribution in [3.63, 3.8) is 0 Å². The Balaban J connectivity index is 2.12. The lowest BCUT2D eigenvalue weighted by Gasteiger charge is -2.06. The molecule has 0 radical (unpaired) electrons. The molecule has 3 heterocycles. The monoisotopic (exact) mass is 267 g/mol. The van der Waals surface area contributed by atoms with Crippen molar-refractivity contribution < 1.29 is 0 Å². The second-order valence-electron chi connectivity index (χ2n) is 4.01. The SMILES string of the molecule is Clc1ccc(-c2cccnc2)nc1-c1cccnc1. The summed E-state index contributed by atoms with van der Waals surface area (Å²) in [5.74, 6) is 0. The molecule has 0 aliphatic rings. The van der Waals surface area contributed by atoms with Crippen LogP contribution in [0.5, 0.6) is 0 Å². The highest BCUT2D eigenvalue weighted by Crippen LogP contribution is 2.28. The molecule has 4 heteroatoms. The zero-order valence-electron chi connectivity index (χ0n) is 9.99. The van der Waals surface area contributed by atoms with E-state index >= 15 is 0 Å². The van der Waals surface area contributed by atoms with Crippen molar-refractivity contribution in [3.05, 3.63) is 66.2 Å². The Morgan fingerprint density at radius 2 is 1.47 bits per heavy atom. The van der Waals surface area contributed by atoms with E-state index in [9.17, 15) is 0 Å². The van der Waals surface area contributed by atoms with E-state index < -0.39 is 0 Å². The van der Waals surface area contributed by atoms with Crippen molar-refractivity contribution in [2.75, 3.05) is 0 Å². The maximum atomic E-state index is 6.21. The summed E-state index contributed by atoms with van der Waals surface area (Å²) in [6.07, 6.45) is 6.99. The number of pyridine rings is 3. The van der Waals surface area contributed by atoms with Gasteiger partial charge in [0.2, 0.25) is 0 Å². The Kier molecular flexibility index (Phi) is 3.21. The van der Waals surface area contributed by atoms with Gasteiger partial charge in [0.1, 0.15) is 0 Å². The minimum atomic E-state index is 0.612. The molecule has 0 N–H and O–H groups in total. The fourth-order valence-electron chi connectivity index (χ4n) is 1.82. The second kappa shape index (κ2) is 5.16. The summed E-state index contributed by atoms with van der Waals surface area (Å²) in [7, 11) is 0. The van der Waals surface area contributed by atoms with Gasteiger partial charge in [-0.2, -0.15) is 0 Å². The quantitative estimate of drug-likeness (QED) is 0.708. The van der Waals surface area contributed by atoms with E-state index in [1.165, 1.54) is 0 Å².